The minimum absolute atomic E-state index is 0.00643. The van der Waals surface area contributed by atoms with E-state index in [4.69, 9.17) is 9.57 Å². The molecule has 0 saturated heterocycles. The molecule has 1 aliphatic heterocycles. The van der Waals surface area contributed by atoms with Crippen LogP contribution in [0.5, 0.6) is 0 Å². The second-order valence-corrected chi connectivity index (χ2v) is 5.87. The molecule has 2 N–H and O–H groups in total. The molecule has 0 aliphatic carbocycles. The van der Waals surface area contributed by atoms with Crippen molar-refractivity contribution in [2.24, 2.45) is 5.16 Å². The normalized spacial score (nSPS) is 13.7. The minimum atomic E-state index is -0.409. The summed E-state index contributed by atoms with van der Waals surface area (Å²) in [7, 11) is 0. The van der Waals surface area contributed by atoms with Crippen LogP contribution in [0.1, 0.15) is 26.7 Å². The van der Waals surface area contributed by atoms with Crippen molar-refractivity contribution in [3.8, 4) is 0 Å². The third kappa shape index (κ3) is 10.1. The standard InChI is InChI=1S/C17H26N4O6/c1-13(2)27-20-8-7-18-15(23)6-11-26-12-9-19-14(22)5-10-21-16(24)3-4-17(21)25/h3-4,8,13H,5-7,9-12H2,1-2H3,(H,18,23)(H,19,22)/b20-8+. The predicted molar refractivity (Wildman–Crippen MR) is 96.6 cm³/mol. The SMILES string of the molecule is CC(C)O/N=C/CNC(=O)CCOCCNC(=O)CCN1C(=O)C=CC1=O. The lowest BCUT2D eigenvalue weighted by atomic mass is 10.3. The van der Waals surface area contributed by atoms with Crippen LogP contribution in [-0.4, -0.2) is 73.7 Å². The highest BCUT2D eigenvalue weighted by Gasteiger charge is 2.23. The molecule has 10 heteroatoms. The van der Waals surface area contributed by atoms with Crippen molar-refractivity contribution in [2.75, 3.05) is 32.8 Å². The lowest BCUT2D eigenvalue weighted by Crippen LogP contribution is -2.35. The van der Waals surface area contributed by atoms with Gasteiger partial charge in [-0.3, -0.25) is 24.1 Å². The lowest BCUT2D eigenvalue weighted by molar-refractivity contribution is -0.137. The van der Waals surface area contributed by atoms with Gasteiger partial charge in [-0.15, -0.1) is 0 Å². The van der Waals surface area contributed by atoms with Gasteiger partial charge < -0.3 is 20.2 Å². The van der Waals surface area contributed by atoms with Gasteiger partial charge in [0.05, 0.1) is 26.0 Å². The molecule has 4 amide bonds. The van der Waals surface area contributed by atoms with E-state index in [0.29, 0.717) is 0 Å². The number of nitrogens with zero attached hydrogens (tertiary/aromatic N) is 2. The van der Waals surface area contributed by atoms with Gasteiger partial charge in [0.2, 0.25) is 11.8 Å². The number of carbonyl (C=O) groups excluding carboxylic acids is 4. The number of hydrogen-bond donors (Lipinski definition) is 2. The van der Waals surface area contributed by atoms with E-state index in [1.165, 1.54) is 18.4 Å². The Hall–Kier alpha value is -2.75. The van der Waals surface area contributed by atoms with Crippen molar-refractivity contribution in [3.63, 3.8) is 0 Å². The maximum absolute atomic E-state index is 11.6. The number of ether oxygens (including phenoxy) is 1. The van der Waals surface area contributed by atoms with Gasteiger partial charge in [0.25, 0.3) is 11.8 Å². The van der Waals surface area contributed by atoms with E-state index < -0.39 is 11.8 Å². The topological polar surface area (TPSA) is 126 Å². The molecule has 1 rings (SSSR count). The number of imide groups is 1. The van der Waals surface area contributed by atoms with E-state index in [-0.39, 0.29) is 63.6 Å². The highest BCUT2D eigenvalue weighted by atomic mass is 16.6. The molecule has 0 saturated carbocycles. The van der Waals surface area contributed by atoms with E-state index in [9.17, 15) is 19.2 Å². The average molecular weight is 382 g/mol. The molecule has 1 aliphatic rings. The van der Waals surface area contributed by atoms with Crippen LogP contribution in [-0.2, 0) is 28.8 Å². The molecule has 0 radical (unpaired) electrons. The second-order valence-electron chi connectivity index (χ2n) is 5.87. The van der Waals surface area contributed by atoms with Gasteiger partial charge in [-0.2, -0.15) is 0 Å². The van der Waals surface area contributed by atoms with Crippen molar-refractivity contribution >= 4 is 29.8 Å². The number of hydrogen-bond acceptors (Lipinski definition) is 7. The summed E-state index contributed by atoms with van der Waals surface area (Å²) < 4.78 is 5.26. The van der Waals surface area contributed by atoms with Crippen molar-refractivity contribution in [3.05, 3.63) is 12.2 Å². The summed E-state index contributed by atoms with van der Waals surface area (Å²) in [6.07, 6.45) is 4.04. The Morgan fingerprint density at radius 3 is 2.44 bits per heavy atom. The van der Waals surface area contributed by atoms with Crippen LogP contribution in [0.3, 0.4) is 0 Å². The van der Waals surface area contributed by atoms with Crippen molar-refractivity contribution < 1.29 is 28.8 Å². The number of carbonyl (C=O) groups is 4. The molecule has 0 aromatic carbocycles. The van der Waals surface area contributed by atoms with E-state index in [1.54, 1.807) is 0 Å². The van der Waals surface area contributed by atoms with E-state index in [0.717, 1.165) is 4.90 Å². The quantitative estimate of drug-likeness (QED) is 0.189. The Balaban J connectivity index is 1.96. The van der Waals surface area contributed by atoms with Crippen LogP contribution < -0.4 is 10.6 Å². The zero-order valence-electron chi connectivity index (χ0n) is 15.6. The maximum atomic E-state index is 11.6. The second kappa shape index (κ2) is 12.6. The molecule has 0 aromatic rings. The Bertz CT molecular complexity index is 570. The van der Waals surface area contributed by atoms with Crippen molar-refractivity contribution in [1.82, 2.24) is 15.5 Å². The Labute approximate surface area is 157 Å². The molecular weight excluding hydrogens is 356 g/mol. The minimum Gasteiger partial charge on any atom is -0.393 e. The molecule has 0 spiro atoms. The monoisotopic (exact) mass is 382 g/mol. The summed E-state index contributed by atoms with van der Waals surface area (Å²) in [5.74, 6) is -1.28. The van der Waals surface area contributed by atoms with Gasteiger partial charge in [-0.1, -0.05) is 5.16 Å². The van der Waals surface area contributed by atoms with Crippen LogP contribution in [0.2, 0.25) is 0 Å². The molecule has 0 fully saturated rings. The smallest absolute Gasteiger partial charge is 0.253 e. The van der Waals surface area contributed by atoms with Crippen LogP contribution in [0.4, 0.5) is 0 Å². The summed E-state index contributed by atoms with van der Waals surface area (Å²) >= 11 is 0. The van der Waals surface area contributed by atoms with Gasteiger partial charge in [0.15, 0.2) is 0 Å². The van der Waals surface area contributed by atoms with Crippen LogP contribution >= 0.6 is 0 Å². The molecule has 27 heavy (non-hydrogen) atoms. The summed E-state index contributed by atoms with van der Waals surface area (Å²) in [6, 6.07) is 0. The summed E-state index contributed by atoms with van der Waals surface area (Å²) in [4.78, 5) is 51.8. The van der Waals surface area contributed by atoms with E-state index in [2.05, 4.69) is 15.8 Å². The number of oxime groups is 1. The highest BCUT2D eigenvalue weighted by Crippen LogP contribution is 2.03. The van der Waals surface area contributed by atoms with Gasteiger partial charge >= 0.3 is 0 Å². The molecule has 150 valence electrons. The van der Waals surface area contributed by atoms with Crippen molar-refractivity contribution in [2.45, 2.75) is 32.8 Å². The lowest BCUT2D eigenvalue weighted by Gasteiger charge is -2.13. The first kappa shape index (κ1) is 22.3. The third-order valence-electron chi connectivity index (χ3n) is 3.24. The van der Waals surface area contributed by atoms with Crippen LogP contribution in [0, 0.1) is 0 Å². The summed E-state index contributed by atoms with van der Waals surface area (Å²) in [5.41, 5.74) is 0. The molecular formula is C17H26N4O6. The molecule has 0 unspecified atom stereocenters. The fourth-order valence-corrected chi connectivity index (χ4v) is 1.93. The van der Waals surface area contributed by atoms with E-state index >= 15 is 0 Å². The summed E-state index contributed by atoms with van der Waals surface area (Å²) in [5, 5.41) is 8.92. The van der Waals surface area contributed by atoms with Gasteiger partial charge in [-0.05, 0) is 13.8 Å². The first-order valence-corrected chi connectivity index (χ1v) is 8.72. The first-order chi connectivity index (χ1) is 12.9. The Morgan fingerprint density at radius 1 is 1.11 bits per heavy atom. The van der Waals surface area contributed by atoms with Crippen LogP contribution in [0.15, 0.2) is 17.3 Å². The number of amides is 4. The maximum Gasteiger partial charge on any atom is 0.253 e. The Kier molecular flexibility index (Phi) is 10.4. The van der Waals surface area contributed by atoms with Gasteiger partial charge in [0.1, 0.15) is 6.10 Å². The van der Waals surface area contributed by atoms with Crippen molar-refractivity contribution in [1.29, 1.82) is 0 Å². The Morgan fingerprint density at radius 2 is 1.78 bits per heavy atom. The average Bonchev–Trinajstić information content (AvgIpc) is 2.93. The molecule has 0 aromatic heterocycles. The largest absolute Gasteiger partial charge is 0.393 e. The summed E-state index contributed by atoms with van der Waals surface area (Å²) in [6.45, 7) is 4.78. The third-order valence-corrected chi connectivity index (χ3v) is 3.24. The van der Waals surface area contributed by atoms with Crippen LogP contribution in [0.25, 0.3) is 0 Å². The number of rotatable bonds is 13. The van der Waals surface area contributed by atoms with Gasteiger partial charge in [-0.25, -0.2) is 0 Å². The fourth-order valence-electron chi connectivity index (χ4n) is 1.93. The molecule has 0 bridgehead atoms. The number of nitrogens with one attached hydrogen (secondary N) is 2. The fraction of sp³-hybridized carbons (Fsp3) is 0.588. The molecule has 0 atom stereocenters. The predicted octanol–water partition coefficient (Wildman–Crippen LogP) is -0.649. The zero-order valence-corrected chi connectivity index (χ0v) is 15.6. The van der Waals surface area contributed by atoms with E-state index in [1.807, 2.05) is 13.8 Å². The highest BCUT2D eigenvalue weighted by molar-refractivity contribution is 6.13. The zero-order chi connectivity index (χ0) is 20.1. The molecule has 1 heterocycles. The molecule has 10 nitrogen and oxygen atoms in total. The first-order valence-electron chi connectivity index (χ1n) is 8.72. The van der Waals surface area contributed by atoms with Gasteiger partial charge in [0, 0.05) is 38.1 Å².